The number of thiophene rings is 1. The highest BCUT2D eigenvalue weighted by Crippen LogP contribution is 2.35. The summed E-state index contributed by atoms with van der Waals surface area (Å²) in [6, 6.07) is 0. The number of hydrogen-bond acceptors (Lipinski definition) is 3. The number of hydrogen-bond donors (Lipinski definition) is 1. The number of nitrogens with one attached hydrogen (secondary N) is 1. The molecule has 1 aromatic rings. The summed E-state index contributed by atoms with van der Waals surface area (Å²) in [5.74, 6) is 0.394. The van der Waals surface area contributed by atoms with Crippen molar-refractivity contribution in [1.82, 2.24) is 5.32 Å². The van der Waals surface area contributed by atoms with Crippen LogP contribution in [-0.2, 0) is 19.4 Å². The van der Waals surface area contributed by atoms with Gasteiger partial charge in [0, 0.05) is 28.3 Å². The fourth-order valence-corrected chi connectivity index (χ4v) is 3.81. The summed E-state index contributed by atoms with van der Waals surface area (Å²) in [5, 5.41) is 3.36. The van der Waals surface area contributed by atoms with E-state index in [1.165, 1.54) is 15.3 Å². The lowest BCUT2D eigenvalue weighted by atomic mass is 9.91. The first-order chi connectivity index (χ1) is 6.86. The van der Waals surface area contributed by atoms with E-state index in [0.29, 0.717) is 5.78 Å². The van der Waals surface area contributed by atoms with Gasteiger partial charge in [0.25, 0.3) is 0 Å². The Morgan fingerprint density at radius 3 is 3.00 bits per heavy atom. The van der Waals surface area contributed by atoms with Crippen molar-refractivity contribution in [2.75, 3.05) is 6.54 Å². The zero-order chi connectivity index (χ0) is 9.54. The van der Waals surface area contributed by atoms with Crippen molar-refractivity contribution < 1.29 is 4.79 Å². The van der Waals surface area contributed by atoms with Gasteiger partial charge in [0.15, 0.2) is 5.78 Å². The van der Waals surface area contributed by atoms with Crippen molar-refractivity contribution >= 4 is 17.1 Å². The van der Waals surface area contributed by atoms with E-state index in [1.54, 1.807) is 0 Å². The van der Waals surface area contributed by atoms with Gasteiger partial charge in [-0.25, -0.2) is 0 Å². The van der Waals surface area contributed by atoms with Gasteiger partial charge >= 0.3 is 0 Å². The van der Waals surface area contributed by atoms with Crippen molar-refractivity contribution in [2.45, 2.75) is 32.2 Å². The molecule has 0 saturated carbocycles. The van der Waals surface area contributed by atoms with E-state index in [-0.39, 0.29) is 0 Å². The number of carbonyl (C=O) groups is 1. The van der Waals surface area contributed by atoms with Crippen LogP contribution in [0.15, 0.2) is 0 Å². The summed E-state index contributed by atoms with van der Waals surface area (Å²) in [6.07, 6.45) is 3.99. The molecule has 0 radical (unpaired) electrons. The van der Waals surface area contributed by atoms with Crippen LogP contribution in [0, 0.1) is 0 Å². The minimum Gasteiger partial charge on any atom is -0.312 e. The van der Waals surface area contributed by atoms with Crippen LogP contribution in [0.4, 0.5) is 0 Å². The van der Waals surface area contributed by atoms with Crippen LogP contribution >= 0.6 is 11.3 Å². The Bertz CT molecular complexity index is 394. The van der Waals surface area contributed by atoms with Gasteiger partial charge in [0.1, 0.15) is 0 Å². The maximum absolute atomic E-state index is 11.8. The van der Waals surface area contributed by atoms with Crippen molar-refractivity contribution in [3.8, 4) is 0 Å². The Labute approximate surface area is 87.3 Å². The Hall–Kier alpha value is -0.670. The van der Waals surface area contributed by atoms with Crippen LogP contribution in [0.3, 0.4) is 0 Å². The molecule has 0 unspecified atom stereocenters. The number of fused-ring (bicyclic) bond motifs is 3. The van der Waals surface area contributed by atoms with Crippen LogP contribution < -0.4 is 5.32 Å². The van der Waals surface area contributed by atoms with Gasteiger partial charge in [-0.2, -0.15) is 0 Å². The Kier molecular flexibility index (Phi) is 1.96. The molecule has 0 amide bonds. The Morgan fingerprint density at radius 1 is 1.14 bits per heavy atom. The second kappa shape index (κ2) is 3.17. The fraction of sp³-hybridized carbons (Fsp3) is 0.545. The molecular weight excluding hydrogens is 194 g/mol. The van der Waals surface area contributed by atoms with Crippen LogP contribution in [0.5, 0.6) is 0 Å². The molecule has 0 saturated heterocycles. The third-order valence-corrected chi connectivity index (χ3v) is 4.38. The molecule has 0 fully saturated rings. The van der Waals surface area contributed by atoms with Gasteiger partial charge in [-0.15, -0.1) is 11.3 Å². The third kappa shape index (κ3) is 1.16. The first kappa shape index (κ1) is 8.62. The van der Waals surface area contributed by atoms with Crippen LogP contribution in [0.25, 0.3) is 0 Å². The minimum absolute atomic E-state index is 0.394. The highest BCUT2D eigenvalue weighted by Gasteiger charge is 2.26. The van der Waals surface area contributed by atoms with E-state index in [2.05, 4.69) is 5.32 Å². The van der Waals surface area contributed by atoms with Gasteiger partial charge in [-0.05, 0) is 31.4 Å². The van der Waals surface area contributed by atoms with E-state index in [0.717, 1.165) is 44.3 Å². The fourth-order valence-electron chi connectivity index (χ4n) is 2.43. The normalized spacial score (nSPS) is 20.4. The Balaban J connectivity index is 2.16. The maximum atomic E-state index is 11.8. The molecule has 1 N–H and O–H groups in total. The average molecular weight is 207 g/mol. The lowest BCUT2D eigenvalue weighted by Gasteiger charge is -2.15. The lowest BCUT2D eigenvalue weighted by Crippen LogP contribution is -2.23. The van der Waals surface area contributed by atoms with Crippen LogP contribution in [0.2, 0.25) is 0 Å². The predicted molar refractivity (Wildman–Crippen MR) is 57.0 cm³/mol. The number of Topliss-reactive ketones (excluding diaryl/α,β-unsaturated/α-hetero) is 1. The van der Waals surface area contributed by atoms with E-state index in [4.69, 9.17) is 0 Å². The molecular formula is C11H13NOS. The topological polar surface area (TPSA) is 29.1 Å². The highest BCUT2D eigenvalue weighted by atomic mass is 32.1. The van der Waals surface area contributed by atoms with Crippen molar-refractivity contribution in [2.24, 2.45) is 0 Å². The summed E-state index contributed by atoms with van der Waals surface area (Å²) in [4.78, 5) is 14.6. The van der Waals surface area contributed by atoms with Gasteiger partial charge in [0.05, 0.1) is 0 Å². The average Bonchev–Trinajstić information content (AvgIpc) is 2.57. The minimum atomic E-state index is 0.394. The molecule has 1 aromatic heterocycles. The standard InChI is InChI=1S/C11H13NOS/c13-8-2-1-3-9-11(8)7-4-5-12-6-10(7)14-9/h12H,1-6H2. The molecule has 3 rings (SSSR count). The molecule has 0 bridgehead atoms. The molecule has 3 heteroatoms. The molecule has 2 heterocycles. The first-order valence-corrected chi connectivity index (χ1v) is 6.05. The second-order valence-corrected chi connectivity index (χ2v) is 5.20. The molecule has 1 aliphatic heterocycles. The van der Waals surface area contributed by atoms with Crippen LogP contribution in [0.1, 0.15) is 38.5 Å². The third-order valence-electron chi connectivity index (χ3n) is 3.09. The molecule has 0 aromatic carbocycles. The van der Waals surface area contributed by atoms with Crippen molar-refractivity contribution in [3.63, 3.8) is 0 Å². The molecule has 74 valence electrons. The Morgan fingerprint density at radius 2 is 2.07 bits per heavy atom. The van der Waals surface area contributed by atoms with Gasteiger partial charge in [-0.3, -0.25) is 4.79 Å². The SMILES string of the molecule is O=C1CCCc2sc3c(c21)CCNC3. The molecule has 14 heavy (non-hydrogen) atoms. The summed E-state index contributed by atoms with van der Waals surface area (Å²) in [7, 11) is 0. The highest BCUT2D eigenvalue weighted by molar-refractivity contribution is 7.12. The summed E-state index contributed by atoms with van der Waals surface area (Å²) in [5.41, 5.74) is 2.48. The van der Waals surface area contributed by atoms with E-state index in [1.807, 2.05) is 11.3 Å². The molecule has 0 spiro atoms. The van der Waals surface area contributed by atoms with E-state index >= 15 is 0 Å². The van der Waals surface area contributed by atoms with E-state index in [9.17, 15) is 4.79 Å². The number of ketones is 1. The monoisotopic (exact) mass is 207 g/mol. The van der Waals surface area contributed by atoms with Crippen molar-refractivity contribution in [1.29, 1.82) is 0 Å². The van der Waals surface area contributed by atoms with Crippen molar-refractivity contribution in [3.05, 3.63) is 20.9 Å². The molecule has 2 nitrogen and oxygen atoms in total. The lowest BCUT2D eigenvalue weighted by molar-refractivity contribution is 0.0972. The summed E-state index contributed by atoms with van der Waals surface area (Å²) in [6.45, 7) is 2.00. The number of aryl methyl sites for hydroxylation is 1. The van der Waals surface area contributed by atoms with Gasteiger partial charge in [-0.1, -0.05) is 0 Å². The molecule has 2 aliphatic rings. The summed E-state index contributed by atoms with van der Waals surface area (Å²) >= 11 is 1.86. The molecule has 0 atom stereocenters. The number of carbonyl (C=O) groups excluding carboxylic acids is 1. The first-order valence-electron chi connectivity index (χ1n) is 5.23. The smallest absolute Gasteiger partial charge is 0.164 e. The zero-order valence-corrected chi connectivity index (χ0v) is 8.88. The quantitative estimate of drug-likeness (QED) is 0.704. The van der Waals surface area contributed by atoms with Gasteiger partial charge in [0.2, 0.25) is 0 Å². The summed E-state index contributed by atoms with van der Waals surface area (Å²) < 4.78 is 0. The second-order valence-electron chi connectivity index (χ2n) is 4.01. The van der Waals surface area contributed by atoms with E-state index < -0.39 is 0 Å². The largest absolute Gasteiger partial charge is 0.312 e. The van der Waals surface area contributed by atoms with Gasteiger partial charge < -0.3 is 5.32 Å². The van der Waals surface area contributed by atoms with Crippen LogP contribution in [-0.4, -0.2) is 12.3 Å². The predicted octanol–water partition coefficient (Wildman–Crippen LogP) is 1.91. The molecule has 1 aliphatic carbocycles. The number of rotatable bonds is 0. The zero-order valence-electron chi connectivity index (χ0n) is 8.06. The maximum Gasteiger partial charge on any atom is 0.164 e.